The van der Waals surface area contributed by atoms with E-state index in [0.29, 0.717) is 17.6 Å². The van der Waals surface area contributed by atoms with E-state index in [1.807, 2.05) is 0 Å². The smallest absolute Gasteiger partial charge is 0.335 e. The molecular formula is C10H10BrNO3. The first-order chi connectivity index (χ1) is 7.18. The number of halogens is 1. The molecule has 5 heteroatoms. The first kappa shape index (κ1) is 10.4. The molecule has 0 aliphatic carbocycles. The highest BCUT2D eigenvalue weighted by Crippen LogP contribution is 2.31. The summed E-state index contributed by atoms with van der Waals surface area (Å²) in [6, 6.07) is 3.20. The van der Waals surface area contributed by atoms with Crippen LogP contribution in [-0.2, 0) is 6.54 Å². The summed E-state index contributed by atoms with van der Waals surface area (Å²) >= 11 is 3.32. The van der Waals surface area contributed by atoms with Crippen LogP contribution in [0.1, 0.15) is 15.9 Å². The van der Waals surface area contributed by atoms with Gasteiger partial charge in [-0.15, -0.1) is 0 Å². The van der Waals surface area contributed by atoms with Gasteiger partial charge in [0.15, 0.2) is 0 Å². The van der Waals surface area contributed by atoms with Crippen LogP contribution < -0.4 is 10.1 Å². The van der Waals surface area contributed by atoms with E-state index in [0.717, 1.165) is 17.9 Å². The highest BCUT2D eigenvalue weighted by atomic mass is 79.9. The number of fused-ring (bicyclic) bond motifs is 1. The minimum absolute atomic E-state index is 0.271. The largest absolute Gasteiger partial charge is 0.491 e. The molecule has 2 rings (SSSR count). The molecule has 2 N–H and O–H groups in total. The van der Waals surface area contributed by atoms with Gasteiger partial charge in [-0.3, -0.25) is 0 Å². The van der Waals surface area contributed by atoms with Crippen LogP contribution in [0.3, 0.4) is 0 Å². The molecule has 0 spiro atoms. The minimum Gasteiger partial charge on any atom is -0.491 e. The monoisotopic (exact) mass is 271 g/mol. The third-order valence-electron chi connectivity index (χ3n) is 2.21. The zero-order valence-electron chi connectivity index (χ0n) is 7.92. The van der Waals surface area contributed by atoms with Crippen molar-refractivity contribution in [1.82, 2.24) is 5.32 Å². The summed E-state index contributed by atoms with van der Waals surface area (Å²) in [6.45, 7) is 2.00. The van der Waals surface area contributed by atoms with Gasteiger partial charge in [0.2, 0.25) is 0 Å². The first-order valence-corrected chi connectivity index (χ1v) is 5.37. The molecule has 0 aromatic heterocycles. The Labute approximate surface area is 95.4 Å². The molecule has 0 fully saturated rings. The van der Waals surface area contributed by atoms with Gasteiger partial charge in [-0.1, -0.05) is 0 Å². The molecule has 0 unspecified atom stereocenters. The first-order valence-electron chi connectivity index (χ1n) is 4.57. The van der Waals surface area contributed by atoms with Gasteiger partial charge in [0.1, 0.15) is 12.4 Å². The number of aromatic carboxylic acids is 1. The van der Waals surface area contributed by atoms with Crippen LogP contribution in [0.15, 0.2) is 16.6 Å². The van der Waals surface area contributed by atoms with Gasteiger partial charge in [-0.05, 0) is 28.1 Å². The highest BCUT2D eigenvalue weighted by Gasteiger charge is 2.15. The Morgan fingerprint density at radius 2 is 2.33 bits per heavy atom. The third kappa shape index (κ3) is 2.13. The SMILES string of the molecule is O=C(O)c1cc(Br)c2c(c1)CNCCO2. The lowest BCUT2D eigenvalue weighted by molar-refractivity contribution is 0.0696. The summed E-state index contributed by atoms with van der Waals surface area (Å²) in [5.41, 5.74) is 1.15. The number of carbonyl (C=O) groups is 1. The highest BCUT2D eigenvalue weighted by molar-refractivity contribution is 9.10. The Morgan fingerprint density at radius 3 is 3.07 bits per heavy atom. The average Bonchev–Trinajstić information content (AvgIpc) is 2.42. The van der Waals surface area contributed by atoms with Gasteiger partial charge >= 0.3 is 5.97 Å². The molecule has 80 valence electrons. The molecule has 4 nitrogen and oxygen atoms in total. The van der Waals surface area contributed by atoms with Gasteiger partial charge < -0.3 is 15.2 Å². The molecule has 0 bridgehead atoms. The lowest BCUT2D eigenvalue weighted by atomic mass is 10.1. The van der Waals surface area contributed by atoms with E-state index in [9.17, 15) is 4.79 Å². The summed E-state index contributed by atoms with van der Waals surface area (Å²) in [5, 5.41) is 12.1. The van der Waals surface area contributed by atoms with E-state index in [4.69, 9.17) is 9.84 Å². The second kappa shape index (κ2) is 4.20. The molecule has 0 saturated heterocycles. The standard InChI is InChI=1S/C10H10BrNO3/c11-8-4-6(10(13)14)3-7-5-12-1-2-15-9(7)8/h3-4,12H,1-2,5H2,(H,13,14). The van der Waals surface area contributed by atoms with Gasteiger partial charge in [-0.2, -0.15) is 0 Å². The molecule has 0 saturated carbocycles. The van der Waals surface area contributed by atoms with Gasteiger partial charge in [0.05, 0.1) is 10.0 Å². The van der Waals surface area contributed by atoms with Gasteiger partial charge in [0.25, 0.3) is 0 Å². The number of carboxylic acid groups (broad SMARTS) is 1. The van der Waals surface area contributed by atoms with Gasteiger partial charge in [-0.25, -0.2) is 4.79 Å². The lowest BCUT2D eigenvalue weighted by Crippen LogP contribution is -2.16. The molecule has 1 heterocycles. The van der Waals surface area contributed by atoms with E-state index >= 15 is 0 Å². The topological polar surface area (TPSA) is 58.6 Å². The zero-order chi connectivity index (χ0) is 10.8. The Kier molecular flexibility index (Phi) is 2.93. The number of benzene rings is 1. The maximum atomic E-state index is 10.8. The summed E-state index contributed by atoms with van der Waals surface area (Å²) in [7, 11) is 0. The second-order valence-corrected chi connectivity index (χ2v) is 4.13. The zero-order valence-corrected chi connectivity index (χ0v) is 9.50. The van der Waals surface area contributed by atoms with Crippen molar-refractivity contribution in [2.24, 2.45) is 0 Å². The molecule has 0 amide bonds. The quantitative estimate of drug-likeness (QED) is 0.815. The van der Waals surface area contributed by atoms with E-state index in [1.165, 1.54) is 0 Å². The van der Waals surface area contributed by atoms with E-state index < -0.39 is 5.97 Å². The molecule has 1 aromatic carbocycles. The molecule has 15 heavy (non-hydrogen) atoms. The van der Waals surface area contributed by atoms with Crippen molar-refractivity contribution < 1.29 is 14.6 Å². The number of rotatable bonds is 1. The average molecular weight is 272 g/mol. The number of carboxylic acids is 1. The van der Waals surface area contributed by atoms with Crippen LogP contribution in [0, 0.1) is 0 Å². The maximum Gasteiger partial charge on any atom is 0.335 e. The summed E-state index contributed by atoms with van der Waals surface area (Å²) in [4.78, 5) is 10.8. The molecule has 1 aromatic rings. The van der Waals surface area contributed by atoms with Crippen LogP contribution in [0.4, 0.5) is 0 Å². The van der Waals surface area contributed by atoms with Crippen LogP contribution in [0.5, 0.6) is 5.75 Å². The van der Waals surface area contributed by atoms with Crippen LogP contribution >= 0.6 is 15.9 Å². The Balaban J connectivity index is 2.48. The van der Waals surface area contributed by atoms with Crippen molar-refractivity contribution in [3.05, 3.63) is 27.7 Å². The fourth-order valence-corrected chi connectivity index (χ4v) is 2.13. The Bertz CT molecular complexity index is 406. The number of ether oxygens (including phenoxy) is 1. The molecular weight excluding hydrogens is 262 g/mol. The van der Waals surface area contributed by atoms with E-state index in [-0.39, 0.29) is 5.56 Å². The Morgan fingerprint density at radius 1 is 1.53 bits per heavy atom. The fraction of sp³-hybridized carbons (Fsp3) is 0.300. The predicted octanol–water partition coefficient (Wildman–Crippen LogP) is 1.63. The van der Waals surface area contributed by atoms with Crippen molar-refractivity contribution in [2.75, 3.05) is 13.2 Å². The number of nitrogens with one attached hydrogen (secondary N) is 1. The minimum atomic E-state index is -0.928. The molecule has 1 aliphatic rings. The summed E-state index contributed by atoms with van der Waals surface area (Å²) in [6.07, 6.45) is 0. The molecule has 0 radical (unpaired) electrons. The van der Waals surface area contributed by atoms with Crippen molar-refractivity contribution in [3.63, 3.8) is 0 Å². The number of hydrogen-bond acceptors (Lipinski definition) is 3. The maximum absolute atomic E-state index is 10.8. The van der Waals surface area contributed by atoms with Crippen molar-refractivity contribution in [3.8, 4) is 5.75 Å². The number of hydrogen-bond donors (Lipinski definition) is 2. The van der Waals surface area contributed by atoms with Crippen LogP contribution in [0.2, 0.25) is 0 Å². The van der Waals surface area contributed by atoms with E-state index in [1.54, 1.807) is 12.1 Å². The fourth-order valence-electron chi connectivity index (χ4n) is 1.52. The van der Waals surface area contributed by atoms with Crippen molar-refractivity contribution in [2.45, 2.75) is 6.54 Å². The van der Waals surface area contributed by atoms with Crippen LogP contribution in [0.25, 0.3) is 0 Å². The van der Waals surface area contributed by atoms with Crippen molar-refractivity contribution in [1.29, 1.82) is 0 Å². The lowest BCUT2D eigenvalue weighted by Gasteiger charge is -2.09. The third-order valence-corrected chi connectivity index (χ3v) is 2.80. The Hall–Kier alpha value is -1.07. The second-order valence-electron chi connectivity index (χ2n) is 3.28. The van der Waals surface area contributed by atoms with Gasteiger partial charge in [0, 0.05) is 18.7 Å². The summed E-state index contributed by atoms with van der Waals surface area (Å²) < 4.78 is 6.21. The normalized spacial score (nSPS) is 15.0. The predicted molar refractivity (Wildman–Crippen MR) is 58.3 cm³/mol. The molecule has 1 aliphatic heterocycles. The van der Waals surface area contributed by atoms with Crippen molar-refractivity contribution >= 4 is 21.9 Å². The summed E-state index contributed by atoms with van der Waals surface area (Å²) in [5.74, 6) is -0.187. The van der Waals surface area contributed by atoms with Crippen LogP contribution in [-0.4, -0.2) is 24.2 Å². The van der Waals surface area contributed by atoms with E-state index in [2.05, 4.69) is 21.2 Å². The molecule has 0 atom stereocenters.